The van der Waals surface area contributed by atoms with E-state index in [4.69, 9.17) is 17.0 Å². The third-order valence-electron chi connectivity index (χ3n) is 5.65. The molecule has 0 radical (unpaired) electrons. The minimum absolute atomic E-state index is 0.193. The molecule has 3 rings (SSSR count). The first kappa shape index (κ1) is 23.2. The van der Waals surface area contributed by atoms with Crippen LogP contribution in [0.25, 0.3) is 0 Å². The van der Waals surface area contributed by atoms with Crippen LogP contribution in [-0.2, 0) is 12.8 Å². The van der Waals surface area contributed by atoms with Crippen LogP contribution in [0.3, 0.4) is 0 Å². The van der Waals surface area contributed by atoms with Crippen LogP contribution in [0.1, 0.15) is 66.9 Å². The van der Waals surface area contributed by atoms with Crippen LogP contribution in [0.15, 0.2) is 24.3 Å². The molecule has 1 heterocycles. The molecule has 1 aliphatic carbocycles. The third-order valence-corrected chi connectivity index (χ3v) is 7.02. The summed E-state index contributed by atoms with van der Waals surface area (Å²) in [6.45, 7) is 9.50. The first-order valence-electron chi connectivity index (χ1n) is 10.6. The maximum absolute atomic E-state index is 12.5. The molecule has 0 spiro atoms. The molecule has 164 valence electrons. The normalized spacial score (nSPS) is 15.5. The maximum Gasteiger partial charge on any atom is 0.257 e. The Kier molecular flexibility index (Phi) is 7.34. The number of fused-ring (bicyclic) bond motifs is 1. The Labute approximate surface area is 193 Å². The van der Waals surface area contributed by atoms with Gasteiger partial charge in [-0.25, -0.2) is 0 Å². The number of benzene rings is 1. The van der Waals surface area contributed by atoms with Crippen LogP contribution in [0, 0.1) is 22.7 Å². The van der Waals surface area contributed by atoms with Gasteiger partial charge in [-0.3, -0.25) is 10.1 Å². The molecule has 1 aromatic heterocycles. The Hall–Kier alpha value is -2.43. The number of ether oxygens (including phenoxy) is 1. The molecule has 31 heavy (non-hydrogen) atoms. The van der Waals surface area contributed by atoms with Crippen LogP contribution in [0.4, 0.5) is 5.00 Å². The minimum Gasteiger partial charge on any atom is -0.494 e. The summed E-state index contributed by atoms with van der Waals surface area (Å²) in [7, 11) is 0. The van der Waals surface area contributed by atoms with Crippen LogP contribution in [0.2, 0.25) is 0 Å². The molecular formula is C24H29N3O2S2. The van der Waals surface area contributed by atoms with E-state index in [0.717, 1.165) is 42.0 Å². The van der Waals surface area contributed by atoms with Gasteiger partial charge < -0.3 is 10.1 Å². The Morgan fingerprint density at radius 2 is 2.03 bits per heavy atom. The molecule has 1 amide bonds. The number of thiophene rings is 1. The van der Waals surface area contributed by atoms with E-state index in [-0.39, 0.29) is 16.4 Å². The van der Waals surface area contributed by atoms with Gasteiger partial charge >= 0.3 is 0 Å². The van der Waals surface area contributed by atoms with Gasteiger partial charge in [0.1, 0.15) is 16.8 Å². The fourth-order valence-corrected chi connectivity index (χ4v) is 5.31. The van der Waals surface area contributed by atoms with Crippen molar-refractivity contribution >= 4 is 39.6 Å². The van der Waals surface area contributed by atoms with Crippen molar-refractivity contribution < 1.29 is 9.53 Å². The zero-order valence-corrected chi connectivity index (χ0v) is 20.1. The Morgan fingerprint density at radius 3 is 2.65 bits per heavy atom. The molecule has 7 heteroatoms. The summed E-state index contributed by atoms with van der Waals surface area (Å²) < 4.78 is 5.54. The van der Waals surface area contributed by atoms with Gasteiger partial charge in [0.15, 0.2) is 5.11 Å². The van der Waals surface area contributed by atoms with E-state index >= 15 is 0 Å². The number of rotatable bonds is 5. The summed E-state index contributed by atoms with van der Waals surface area (Å²) in [6.07, 6.45) is 3.89. The molecule has 1 aromatic carbocycles. The quantitative estimate of drug-likeness (QED) is 0.567. The predicted octanol–water partition coefficient (Wildman–Crippen LogP) is 5.69. The molecule has 2 N–H and O–H groups in total. The second-order valence-electron chi connectivity index (χ2n) is 8.91. The van der Waals surface area contributed by atoms with E-state index in [2.05, 4.69) is 37.5 Å². The van der Waals surface area contributed by atoms with E-state index in [1.165, 1.54) is 4.88 Å². The molecule has 1 aliphatic rings. The number of amides is 1. The zero-order valence-electron chi connectivity index (χ0n) is 18.5. The van der Waals surface area contributed by atoms with Crippen LogP contribution < -0.4 is 15.4 Å². The first-order valence-corrected chi connectivity index (χ1v) is 11.8. The average molecular weight is 456 g/mol. The molecule has 0 saturated carbocycles. The van der Waals surface area contributed by atoms with Crippen LogP contribution in [-0.4, -0.2) is 17.6 Å². The van der Waals surface area contributed by atoms with Crippen molar-refractivity contribution in [2.45, 2.75) is 53.4 Å². The van der Waals surface area contributed by atoms with Crippen LogP contribution in [0.5, 0.6) is 5.75 Å². The predicted molar refractivity (Wildman–Crippen MR) is 130 cm³/mol. The summed E-state index contributed by atoms with van der Waals surface area (Å²) >= 11 is 6.93. The summed E-state index contributed by atoms with van der Waals surface area (Å²) in [4.78, 5) is 13.8. The van der Waals surface area contributed by atoms with E-state index in [9.17, 15) is 10.1 Å². The molecule has 0 bridgehead atoms. The zero-order chi connectivity index (χ0) is 22.6. The monoisotopic (exact) mass is 455 g/mol. The maximum atomic E-state index is 12.5. The molecule has 5 nitrogen and oxygen atoms in total. The number of hydrogen-bond donors (Lipinski definition) is 2. The molecule has 2 aromatic rings. The smallest absolute Gasteiger partial charge is 0.257 e. The van der Waals surface area contributed by atoms with Gasteiger partial charge in [0.05, 0.1) is 12.2 Å². The van der Waals surface area contributed by atoms with Crippen molar-refractivity contribution in [3.05, 3.63) is 45.8 Å². The van der Waals surface area contributed by atoms with Gasteiger partial charge in [-0.15, -0.1) is 11.3 Å². The highest BCUT2D eigenvalue weighted by Gasteiger charge is 2.32. The van der Waals surface area contributed by atoms with Crippen molar-refractivity contribution in [2.75, 3.05) is 11.9 Å². The van der Waals surface area contributed by atoms with Gasteiger partial charge in [-0.2, -0.15) is 5.26 Å². The highest BCUT2D eigenvalue weighted by molar-refractivity contribution is 7.80. The van der Waals surface area contributed by atoms with E-state index in [0.29, 0.717) is 23.7 Å². The Morgan fingerprint density at radius 1 is 1.32 bits per heavy atom. The van der Waals surface area contributed by atoms with Gasteiger partial charge in [0, 0.05) is 10.4 Å². The SMILES string of the molecule is CCCOc1ccc(C(=O)NC(=S)Nc2sc3c(c2C#N)CC[C@@H](C(C)(C)C)C3)cc1. The summed E-state index contributed by atoms with van der Waals surface area (Å²) in [5, 5.41) is 16.4. The molecule has 1 atom stereocenters. The molecule has 0 unspecified atom stereocenters. The van der Waals surface area contributed by atoms with Crippen molar-refractivity contribution in [1.82, 2.24) is 5.32 Å². The van der Waals surface area contributed by atoms with Gasteiger partial charge in [0.2, 0.25) is 0 Å². The molecule has 0 aliphatic heterocycles. The lowest BCUT2D eigenvalue weighted by atomic mass is 9.72. The fraction of sp³-hybridized carbons (Fsp3) is 0.458. The summed E-state index contributed by atoms with van der Waals surface area (Å²) in [6, 6.07) is 9.29. The van der Waals surface area contributed by atoms with E-state index < -0.39 is 0 Å². The number of hydrogen-bond acceptors (Lipinski definition) is 5. The molecular weight excluding hydrogens is 426 g/mol. The van der Waals surface area contributed by atoms with Crippen molar-refractivity contribution in [3.8, 4) is 11.8 Å². The molecule has 0 saturated heterocycles. The summed E-state index contributed by atoms with van der Waals surface area (Å²) in [5.74, 6) is 1.02. The number of nitriles is 1. The van der Waals surface area contributed by atoms with Crippen molar-refractivity contribution in [2.24, 2.45) is 11.3 Å². The number of nitrogens with zero attached hydrogens (tertiary/aromatic N) is 1. The standard InChI is InChI=1S/C24H29N3O2S2/c1-5-12-29-17-9-6-15(7-10-17)21(28)26-23(30)27-22-19(14-25)18-11-8-16(24(2,3)4)13-20(18)31-22/h6-7,9-10,16H,5,8,11-13H2,1-4H3,(H2,26,27,28,30)/t16-/m1/s1. The Balaban J connectivity index is 1.66. The fourth-order valence-electron chi connectivity index (χ4n) is 3.76. The molecule has 0 fully saturated rings. The first-order chi connectivity index (χ1) is 14.7. The lowest BCUT2D eigenvalue weighted by molar-refractivity contribution is 0.0977. The number of carbonyl (C=O) groups excluding carboxylic acids is 1. The highest BCUT2D eigenvalue weighted by atomic mass is 32.1. The van der Waals surface area contributed by atoms with Gasteiger partial charge in [0.25, 0.3) is 5.91 Å². The lowest BCUT2D eigenvalue weighted by Gasteiger charge is -2.33. The second-order valence-corrected chi connectivity index (χ2v) is 10.4. The van der Waals surface area contributed by atoms with Gasteiger partial charge in [-0.1, -0.05) is 27.7 Å². The van der Waals surface area contributed by atoms with E-state index in [1.54, 1.807) is 35.6 Å². The van der Waals surface area contributed by atoms with Crippen LogP contribution >= 0.6 is 23.6 Å². The minimum atomic E-state index is -0.299. The number of anilines is 1. The lowest BCUT2D eigenvalue weighted by Crippen LogP contribution is -2.34. The van der Waals surface area contributed by atoms with Crippen molar-refractivity contribution in [1.29, 1.82) is 5.26 Å². The largest absolute Gasteiger partial charge is 0.494 e. The number of thiocarbonyl (C=S) groups is 1. The van der Waals surface area contributed by atoms with Crippen molar-refractivity contribution in [3.63, 3.8) is 0 Å². The Bertz CT molecular complexity index is 998. The highest BCUT2D eigenvalue weighted by Crippen LogP contribution is 2.43. The summed E-state index contributed by atoms with van der Waals surface area (Å²) in [5.41, 5.74) is 2.52. The number of nitrogens with one attached hydrogen (secondary N) is 2. The third kappa shape index (κ3) is 5.63. The second kappa shape index (κ2) is 9.80. The average Bonchev–Trinajstić information content (AvgIpc) is 3.07. The topological polar surface area (TPSA) is 74.2 Å². The number of carbonyl (C=O) groups is 1. The van der Waals surface area contributed by atoms with Gasteiger partial charge in [-0.05, 0) is 79.1 Å². The van der Waals surface area contributed by atoms with E-state index in [1.807, 2.05) is 6.92 Å².